The maximum Gasteiger partial charge on any atom is 0.219 e. The van der Waals surface area contributed by atoms with Crippen molar-refractivity contribution in [2.24, 2.45) is 0 Å². The second-order valence-corrected chi connectivity index (χ2v) is 7.09. The Morgan fingerprint density at radius 3 is 2.76 bits per heavy atom. The molecule has 0 aliphatic carbocycles. The number of fused-ring (bicyclic) bond motifs is 1. The average molecular weight is 397 g/mol. The van der Waals surface area contributed by atoms with Crippen molar-refractivity contribution >= 4 is 5.91 Å². The molecular formula is C22H21F2N3O2. The molecule has 0 fully saturated rings. The van der Waals surface area contributed by atoms with Crippen molar-refractivity contribution in [2.45, 2.75) is 26.4 Å². The minimum atomic E-state index is -0.608. The van der Waals surface area contributed by atoms with Crippen LogP contribution in [0.2, 0.25) is 0 Å². The molecular weight excluding hydrogens is 376 g/mol. The van der Waals surface area contributed by atoms with Gasteiger partial charge in [0.25, 0.3) is 0 Å². The van der Waals surface area contributed by atoms with Crippen molar-refractivity contribution in [3.63, 3.8) is 0 Å². The van der Waals surface area contributed by atoms with Crippen LogP contribution in [0.1, 0.15) is 23.7 Å². The number of amides is 1. The Morgan fingerprint density at radius 1 is 1.21 bits per heavy atom. The van der Waals surface area contributed by atoms with E-state index >= 15 is 0 Å². The number of halogens is 2. The highest BCUT2D eigenvalue weighted by molar-refractivity contribution is 5.75. The summed E-state index contributed by atoms with van der Waals surface area (Å²) in [4.78, 5) is 13.7. The Labute approximate surface area is 167 Å². The maximum absolute atomic E-state index is 14.2. The van der Waals surface area contributed by atoms with Crippen molar-refractivity contribution in [3.8, 4) is 17.0 Å². The molecule has 1 aliphatic heterocycles. The molecule has 4 rings (SSSR count). The van der Waals surface area contributed by atoms with Gasteiger partial charge in [-0.15, -0.1) is 0 Å². The zero-order valence-electron chi connectivity index (χ0n) is 16.3. The summed E-state index contributed by atoms with van der Waals surface area (Å²) < 4.78 is 34.6. The van der Waals surface area contributed by atoms with Crippen molar-refractivity contribution in [2.75, 3.05) is 13.7 Å². The van der Waals surface area contributed by atoms with E-state index in [9.17, 15) is 13.6 Å². The van der Waals surface area contributed by atoms with E-state index in [0.717, 1.165) is 28.6 Å². The lowest BCUT2D eigenvalue weighted by Crippen LogP contribution is -2.34. The largest absolute Gasteiger partial charge is 0.497 e. The van der Waals surface area contributed by atoms with E-state index in [1.807, 2.05) is 24.3 Å². The normalized spacial score (nSPS) is 13.3. The smallest absolute Gasteiger partial charge is 0.219 e. The first-order valence-corrected chi connectivity index (χ1v) is 9.38. The first kappa shape index (κ1) is 19.1. The summed E-state index contributed by atoms with van der Waals surface area (Å²) in [5.41, 5.74) is 3.88. The van der Waals surface area contributed by atoms with Crippen LogP contribution in [0.5, 0.6) is 5.75 Å². The third-order valence-corrected chi connectivity index (χ3v) is 5.26. The molecule has 150 valence electrons. The molecule has 3 aromatic rings. The van der Waals surface area contributed by atoms with Crippen LogP contribution in [-0.4, -0.2) is 34.2 Å². The number of rotatable bonds is 4. The zero-order chi connectivity index (χ0) is 20.5. The van der Waals surface area contributed by atoms with Crippen molar-refractivity contribution in [3.05, 3.63) is 70.9 Å². The highest BCUT2D eigenvalue weighted by Crippen LogP contribution is 2.32. The van der Waals surface area contributed by atoms with E-state index in [1.54, 1.807) is 23.6 Å². The fourth-order valence-corrected chi connectivity index (χ4v) is 3.70. The van der Waals surface area contributed by atoms with Gasteiger partial charge in [-0.1, -0.05) is 18.2 Å². The average Bonchev–Trinajstić information content (AvgIpc) is 3.08. The van der Waals surface area contributed by atoms with Crippen LogP contribution in [0.25, 0.3) is 11.3 Å². The molecule has 1 aliphatic rings. The molecule has 7 heteroatoms. The Bertz CT molecular complexity index is 1080. The first-order valence-electron chi connectivity index (χ1n) is 9.38. The van der Waals surface area contributed by atoms with Gasteiger partial charge in [-0.2, -0.15) is 5.10 Å². The van der Waals surface area contributed by atoms with Gasteiger partial charge in [-0.05, 0) is 18.2 Å². The molecule has 0 spiro atoms. The summed E-state index contributed by atoms with van der Waals surface area (Å²) in [6.07, 6.45) is 0.620. The standard InChI is InChI=1S/C22H21F2N3O2/c1-14(28)26-9-8-21-19(13-26)22(15-4-3-5-18(10-15)29-2)25-27(21)12-16-6-7-17(23)11-20(16)24/h3-7,10-11H,8-9,12-13H2,1-2H3. The van der Waals surface area contributed by atoms with Gasteiger partial charge < -0.3 is 9.64 Å². The molecule has 0 saturated heterocycles. The monoisotopic (exact) mass is 397 g/mol. The van der Waals surface area contributed by atoms with Crippen LogP contribution in [0, 0.1) is 11.6 Å². The Morgan fingerprint density at radius 2 is 2.03 bits per heavy atom. The molecule has 0 bridgehead atoms. The minimum absolute atomic E-state index is 0.00423. The molecule has 29 heavy (non-hydrogen) atoms. The Kier molecular flexibility index (Phi) is 5.05. The number of ether oxygens (including phenoxy) is 1. The summed E-state index contributed by atoms with van der Waals surface area (Å²) in [5.74, 6) is -0.500. The predicted octanol–water partition coefficient (Wildman–Crippen LogP) is 3.79. The Hall–Kier alpha value is -3.22. The number of hydrogen-bond acceptors (Lipinski definition) is 3. The van der Waals surface area contributed by atoms with Gasteiger partial charge in [-0.25, -0.2) is 8.78 Å². The van der Waals surface area contributed by atoms with Crippen molar-refractivity contribution in [1.82, 2.24) is 14.7 Å². The van der Waals surface area contributed by atoms with E-state index in [2.05, 4.69) is 0 Å². The first-order chi connectivity index (χ1) is 14.0. The summed E-state index contributed by atoms with van der Waals surface area (Å²) >= 11 is 0. The number of aromatic nitrogens is 2. The van der Waals surface area contributed by atoms with E-state index < -0.39 is 11.6 Å². The maximum atomic E-state index is 14.2. The SMILES string of the molecule is COc1cccc(-c2nn(Cc3ccc(F)cc3F)c3c2CN(C(C)=O)CC3)c1. The molecule has 0 atom stereocenters. The van der Waals surface area contributed by atoms with Crippen LogP contribution in [0.3, 0.4) is 0 Å². The number of benzene rings is 2. The second kappa shape index (κ2) is 7.66. The van der Waals surface area contributed by atoms with E-state index in [4.69, 9.17) is 9.84 Å². The van der Waals surface area contributed by atoms with Gasteiger partial charge in [0.1, 0.15) is 17.4 Å². The molecule has 2 heterocycles. The number of carbonyl (C=O) groups is 1. The predicted molar refractivity (Wildman–Crippen MR) is 104 cm³/mol. The summed E-state index contributed by atoms with van der Waals surface area (Å²) in [6, 6.07) is 11.1. The van der Waals surface area contributed by atoms with Crippen LogP contribution in [0.4, 0.5) is 8.78 Å². The van der Waals surface area contributed by atoms with Gasteiger partial charge in [0.15, 0.2) is 0 Å². The summed E-state index contributed by atoms with van der Waals surface area (Å²) in [5, 5.41) is 4.75. The van der Waals surface area contributed by atoms with Gasteiger partial charge in [-0.3, -0.25) is 9.48 Å². The molecule has 1 aromatic heterocycles. The Balaban J connectivity index is 1.79. The van der Waals surface area contributed by atoms with Gasteiger partial charge in [0, 0.05) is 54.9 Å². The molecule has 0 N–H and O–H groups in total. The van der Waals surface area contributed by atoms with Gasteiger partial charge >= 0.3 is 0 Å². The van der Waals surface area contributed by atoms with Crippen LogP contribution in [0.15, 0.2) is 42.5 Å². The zero-order valence-corrected chi connectivity index (χ0v) is 16.3. The number of nitrogens with zero attached hydrogens (tertiary/aromatic N) is 3. The lowest BCUT2D eigenvalue weighted by atomic mass is 10.0. The van der Waals surface area contributed by atoms with Gasteiger partial charge in [0.05, 0.1) is 19.3 Å². The lowest BCUT2D eigenvalue weighted by molar-refractivity contribution is -0.129. The number of methoxy groups -OCH3 is 1. The lowest BCUT2D eigenvalue weighted by Gasteiger charge is -2.27. The molecule has 5 nitrogen and oxygen atoms in total. The van der Waals surface area contributed by atoms with Crippen LogP contribution < -0.4 is 4.74 Å². The number of hydrogen-bond donors (Lipinski definition) is 0. The van der Waals surface area contributed by atoms with Crippen LogP contribution >= 0.6 is 0 Å². The third-order valence-electron chi connectivity index (χ3n) is 5.26. The summed E-state index contributed by atoms with van der Waals surface area (Å²) in [6.45, 7) is 2.77. The van der Waals surface area contributed by atoms with E-state index in [-0.39, 0.29) is 12.5 Å². The van der Waals surface area contributed by atoms with Crippen LogP contribution in [-0.2, 0) is 24.3 Å². The molecule has 0 unspecified atom stereocenters. The van der Waals surface area contributed by atoms with Gasteiger partial charge in [0.2, 0.25) is 5.91 Å². The fraction of sp³-hybridized carbons (Fsp3) is 0.273. The quantitative estimate of drug-likeness (QED) is 0.673. The molecule has 2 aromatic carbocycles. The topological polar surface area (TPSA) is 47.4 Å². The highest BCUT2D eigenvalue weighted by atomic mass is 19.1. The van der Waals surface area contributed by atoms with E-state index in [1.165, 1.54) is 12.1 Å². The molecule has 0 saturated carbocycles. The second-order valence-electron chi connectivity index (χ2n) is 7.09. The van der Waals surface area contributed by atoms with E-state index in [0.29, 0.717) is 30.8 Å². The molecule has 0 radical (unpaired) electrons. The molecule has 1 amide bonds. The minimum Gasteiger partial charge on any atom is -0.497 e. The fourth-order valence-electron chi connectivity index (χ4n) is 3.70. The van der Waals surface area contributed by atoms with Crippen molar-refractivity contribution < 1.29 is 18.3 Å². The third kappa shape index (κ3) is 3.72. The van der Waals surface area contributed by atoms with Crippen molar-refractivity contribution in [1.29, 1.82) is 0 Å². The highest BCUT2D eigenvalue weighted by Gasteiger charge is 2.27. The number of carbonyl (C=O) groups excluding carboxylic acids is 1. The summed E-state index contributed by atoms with van der Waals surface area (Å²) in [7, 11) is 1.60.